The predicted octanol–water partition coefficient (Wildman–Crippen LogP) is 3.81. The van der Waals surface area contributed by atoms with Crippen molar-refractivity contribution < 1.29 is 18.9 Å². The Labute approximate surface area is 129 Å². The van der Waals surface area contributed by atoms with E-state index in [-0.39, 0.29) is 5.76 Å². The van der Waals surface area contributed by atoms with Crippen molar-refractivity contribution in [1.82, 2.24) is 0 Å². The maximum Gasteiger partial charge on any atom is 0.433 e. The molecule has 1 heterocycles. The summed E-state index contributed by atoms with van der Waals surface area (Å²) in [7, 11) is 1.47. The molecule has 0 saturated carbocycles. The molecule has 0 aliphatic carbocycles. The molecule has 0 aliphatic heterocycles. The van der Waals surface area contributed by atoms with Crippen molar-refractivity contribution >= 4 is 27.6 Å². The first-order valence-electron chi connectivity index (χ1n) is 5.99. The molecule has 1 aromatic carbocycles. The first-order valence-corrected chi connectivity index (χ1v) is 6.78. The molecule has 0 bridgehead atoms. The standard InChI is InChI=1S/C14H12BrNO5/c1-7-6-9(15)8(2)12(14(7)20-3)13(17)10-4-5-11(21-10)16(18)19/h4-6H,1-3H3. The Hall–Kier alpha value is -2.15. The molecule has 6 nitrogen and oxygen atoms in total. The van der Waals surface area contributed by atoms with E-state index in [1.807, 2.05) is 13.0 Å². The molecule has 2 rings (SSSR count). The van der Waals surface area contributed by atoms with Gasteiger partial charge in [-0.15, -0.1) is 0 Å². The van der Waals surface area contributed by atoms with E-state index in [4.69, 9.17) is 9.15 Å². The number of halogens is 1. The van der Waals surface area contributed by atoms with Gasteiger partial charge in [0, 0.05) is 4.47 Å². The van der Waals surface area contributed by atoms with Crippen LogP contribution in [0.5, 0.6) is 5.75 Å². The third-order valence-electron chi connectivity index (χ3n) is 3.09. The topological polar surface area (TPSA) is 82.6 Å². The van der Waals surface area contributed by atoms with Gasteiger partial charge in [-0.3, -0.25) is 14.9 Å². The lowest BCUT2D eigenvalue weighted by Crippen LogP contribution is -2.07. The smallest absolute Gasteiger partial charge is 0.433 e. The fourth-order valence-electron chi connectivity index (χ4n) is 2.06. The van der Waals surface area contributed by atoms with Crippen LogP contribution in [0, 0.1) is 24.0 Å². The fraction of sp³-hybridized carbons (Fsp3) is 0.214. The Kier molecular flexibility index (Phi) is 4.13. The van der Waals surface area contributed by atoms with Crippen LogP contribution in [-0.2, 0) is 0 Å². The molecular formula is C14H12BrNO5. The van der Waals surface area contributed by atoms with E-state index in [0.29, 0.717) is 16.9 Å². The van der Waals surface area contributed by atoms with E-state index >= 15 is 0 Å². The largest absolute Gasteiger partial charge is 0.496 e. The van der Waals surface area contributed by atoms with Crippen LogP contribution in [0.15, 0.2) is 27.1 Å². The number of aryl methyl sites for hydroxylation is 1. The van der Waals surface area contributed by atoms with Gasteiger partial charge in [-0.25, -0.2) is 0 Å². The van der Waals surface area contributed by atoms with Crippen LogP contribution in [0.4, 0.5) is 5.88 Å². The van der Waals surface area contributed by atoms with Crippen LogP contribution < -0.4 is 4.74 Å². The van der Waals surface area contributed by atoms with Gasteiger partial charge in [0.15, 0.2) is 5.76 Å². The Morgan fingerprint density at radius 3 is 2.57 bits per heavy atom. The Balaban J connectivity index is 2.59. The summed E-state index contributed by atoms with van der Waals surface area (Å²) in [5.41, 5.74) is 1.79. The Morgan fingerprint density at radius 1 is 1.38 bits per heavy atom. The van der Waals surface area contributed by atoms with Crippen LogP contribution in [0.1, 0.15) is 27.2 Å². The number of nitro groups is 1. The second-order valence-electron chi connectivity index (χ2n) is 4.43. The number of hydrogen-bond donors (Lipinski definition) is 0. The Bertz CT molecular complexity index is 735. The van der Waals surface area contributed by atoms with Gasteiger partial charge in [-0.2, -0.15) is 0 Å². The van der Waals surface area contributed by atoms with Crippen molar-refractivity contribution in [2.24, 2.45) is 0 Å². The summed E-state index contributed by atoms with van der Waals surface area (Å²) in [6.45, 7) is 3.57. The van der Waals surface area contributed by atoms with Gasteiger partial charge in [0.2, 0.25) is 5.78 Å². The van der Waals surface area contributed by atoms with Gasteiger partial charge >= 0.3 is 5.88 Å². The third-order valence-corrected chi connectivity index (χ3v) is 3.91. The zero-order valence-electron chi connectivity index (χ0n) is 11.6. The molecule has 0 fully saturated rings. The molecule has 1 aromatic heterocycles. The van der Waals surface area contributed by atoms with Crippen molar-refractivity contribution in [2.45, 2.75) is 13.8 Å². The van der Waals surface area contributed by atoms with E-state index in [1.54, 1.807) is 6.92 Å². The summed E-state index contributed by atoms with van der Waals surface area (Å²) in [4.78, 5) is 22.5. The van der Waals surface area contributed by atoms with E-state index in [0.717, 1.165) is 16.1 Å². The minimum absolute atomic E-state index is 0.0967. The molecule has 0 radical (unpaired) electrons. The summed E-state index contributed by atoms with van der Waals surface area (Å²) < 4.78 is 11.0. The molecule has 0 aliphatic rings. The average molecular weight is 354 g/mol. The molecule has 0 atom stereocenters. The number of benzene rings is 1. The molecule has 2 aromatic rings. The first-order chi connectivity index (χ1) is 9.86. The minimum Gasteiger partial charge on any atom is -0.496 e. The highest BCUT2D eigenvalue weighted by molar-refractivity contribution is 9.10. The van der Waals surface area contributed by atoms with Gasteiger partial charge in [-0.05, 0) is 37.1 Å². The van der Waals surface area contributed by atoms with Crippen LogP contribution in [-0.4, -0.2) is 17.8 Å². The minimum atomic E-state index is -0.687. The lowest BCUT2D eigenvalue weighted by Gasteiger charge is -2.14. The molecule has 0 amide bonds. The van der Waals surface area contributed by atoms with Crippen molar-refractivity contribution in [3.8, 4) is 5.75 Å². The number of furan rings is 1. The van der Waals surface area contributed by atoms with Gasteiger partial charge in [-0.1, -0.05) is 15.9 Å². The van der Waals surface area contributed by atoms with Crippen LogP contribution in [0.25, 0.3) is 0 Å². The van der Waals surface area contributed by atoms with Crippen molar-refractivity contribution in [1.29, 1.82) is 0 Å². The predicted molar refractivity (Wildman–Crippen MR) is 79.0 cm³/mol. The third kappa shape index (κ3) is 2.69. The number of ether oxygens (including phenoxy) is 1. The van der Waals surface area contributed by atoms with Crippen LogP contribution in [0.3, 0.4) is 0 Å². The van der Waals surface area contributed by atoms with Crippen molar-refractivity contribution in [2.75, 3.05) is 7.11 Å². The number of carbonyl (C=O) groups excluding carboxylic acids is 1. The van der Waals surface area contributed by atoms with Crippen molar-refractivity contribution in [3.63, 3.8) is 0 Å². The number of hydrogen-bond acceptors (Lipinski definition) is 5. The summed E-state index contributed by atoms with van der Waals surface area (Å²) >= 11 is 3.38. The SMILES string of the molecule is COc1c(C)cc(Br)c(C)c1C(=O)c1ccc([N+](=O)[O-])o1. The van der Waals surface area contributed by atoms with Gasteiger partial charge < -0.3 is 9.15 Å². The van der Waals surface area contributed by atoms with E-state index in [9.17, 15) is 14.9 Å². The van der Waals surface area contributed by atoms with Gasteiger partial charge in [0.1, 0.15) is 10.7 Å². The van der Waals surface area contributed by atoms with E-state index < -0.39 is 16.6 Å². The normalized spacial score (nSPS) is 10.5. The molecule has 0 saturated heterocycles. The summed E-state index contributed by atoms with van der Waals surface area (Å²) in [5, 5.41) is 10.6. The first kappa shape index (κ1) is 15.2. The maximum absolute atomic E-state index is 12.6. The summed E-state index contributed by atoms with van der Waals surface area (Å²) in [6, 6.07) is 4.28. The second kappa shape index (κ2) is 5.69. The van der Waals surface area contributed by atoms with Gasteiger partial charge in [0.25, 0.3) is 0 Å². The quantitative estimate of drug-likeness (QED) is 0.474. The van der Waals surface area contributed by atoms with Crippen LogP contribution >= 0.6 is 15.9 Å². The lowest BCUT2D eigenvalue weighted by atomic mass is 9.99. The highest BCUT2D eigenvalue weighted by Gasteiger charge is 2.25. The molecule has 0 spiro atoms. The monoisotopic (exact) mass is 353 g/mol. The molecule has 110 valence electrons. The van der Waals surface area contributed by atoms with Gasteiger partial charge in [0.05, 0.1) is 18.7 Å². The summed E-state index contributed by atoms with van der Waals surface area (Å²) in [6.07, 6.45) is 0. The van der Waals surface area contributed by atoms with E-state index in [2.05, 4.69) is 15.9 Å². The van der Waals surface area contributed by atoms with Crippen molar-refractivity contribution in [3.05, 3.63) is 55.2 Å². The highest BCUT2D eigenvalue weighted by atomic mass is 79.9. The molecule has 0 unspecified atom stereocenters. The number of methoxy groups -OCH3 is 1. The molecule has 7 heteroatoms. The number of nitrogens with zero attached hydrogens (tertiary/aromatic N) is 1. The molecular weight excluding hydrogens is 342 g/mol. The highest BCUT2D eigenvalue weighted by Crippen LogP contribution is 2.34. The van der Waals surface area contributed by atoms with Crippen LogP contribution in [0.2, 0.25) is 0 Å². The number of carbonyl (C=O) groups is 1. The fourth-order valence-corrected chi connectivity index (χ4v) is 2.60. The number of ketones is 1. The summed E-state index contributed by atoms with van der Waals surface area (Å²) in [5.74, 6) is -0.594. The maximum atomic E-state index is 12.6. The second-order valence-corrected chi connectivity index (χ2v) is 5.29. The van der Waals surface area contributed by atoms with E-state index in [1.165, 1.54) is 13.2 Å². The number of rotatable bonds is 4. The molecule has 21 heavy (non-hydrogen) atoms. The average Bonchev–Trinajstić information content (AvgIpc) is 2.91. The molecule has 0 N–H and O–H groups in total. The lowest BCUT2D eigenvalue weighted by molar-refractivity contribution is -0.402. The zero-order valence-corrected chi connectivity index (χ0v) is 13.2. The Morgan fingerprint density at radius 2 is 2.05 bits per heavy atom. The zero-order chi connectivity index (χ0) is 15.7.